The zero-order valence-corrected chi connectivity index (χ0v) is 7.89. The summed E-state index contributed by atoms with van der Waals surface area (Å²) in [4.78, 5) is 0. The first-order valence-electron chi connectivity index (χ1n) is 4.19. The van der Waals surface area contributed by atoms with Crippen LogP contribution >= 0.6 is 0 Å². The first kappa shape index (κ1) is 8.17. The molecule has 0 heterocycles. The summed E-state index contributed by atoms with van der Waals surface area (Å²) in [5, 5.41) is 0. The van der Waals surface area contributed by atoms with E-state index in [0.717, 1.165) is 17.9 Å². The molecular weight excluding hydrogens is 164 g/mol. The summed E-state index contributed by atoms with van der Waals surface area (Å²) in [5.41, 5.74) is 3.68. The molecule has 0 bridgehead atoms. The van der Waals surface area contributed by atoms with Crippen molar-refractivity contribution >= 4 is 5.57 Å². The number of ether oxygens (including phenoxy) is 2. The van der Waals surface area contributed by atoms with Crippen molar-refractivity contribution in [3.05, 3.63) is 29.8 Å². The molecule has 0 saturated carbocycles. The summed E-state index contributed by atoms with van der Waals surface area (Å²) >= 11 is 0. The summed E-state index contributed by atoms with van der Waals surface area (Å²) in [6, 6.07) is 4.00. The molecule has 68 valence electrons. The molecule has 0 amide bonds. The highest BCUT2D eigenvalue weighted by Crippen LogP contribution is 2.40. The van der Waals surface area contributed by atoms with Gasteiger partial charge in [-0.15, -0.1) is 0 Å². The summed E-state index contributed by atoms with van der Waals surface area (Å²) < 4.78 is 10.4. The molecule has 0 unspecified atom stereocenters. The molecule has 0 atom stereocenters. The van der Waals surface area contributed by atoms with E-state index in [2.05, 4.69) is 6.58 Å². The Morgan fingerprint density at radius 2 is 1.77 bits per heavy atom. The van der Waals surface area contributed by atoms with Gasteiger partial charge in [-0.05, 0) is 35.3 Å². The smallest absolute Gasteiger partial charge is 0.161 e. The minimum atomic E-state index is 0.780. The molecule has 0 aromatic heterocycles. The maximum Gasteiger partial charge on any atom is 0.161 e. The number of rotatable bonds is 2. The van der Waals surface area contributed by atoms with E-state index < -0.39 is 0 Å². The van der Waals surface area contributed by atoms with Gasteiger partial charge in [-0.1, -0.05) is 6.58 Å². The SMILES string of the molecule is C=C1Cc2cc(OC)c(OC)cc21. The van der Waals surface area contributed by atoms with E-state index in [9.17, 15) is 0 Å². The molecule has 0 spiro atoms. The van der Waals surface area contributed by atoms with Crippen LogP contribution in [0, 0.1) is 0 Å². The highest BCUT2D eigenvalue weighted by atomic mass is 16.5. The Labute approximate surface area is 77.8 Å². The Morgan fingerprint density at radius 1 is 1.15 bits per heavy atom. The zero-order chi connectivity index (χ0) is 9.42. The third kappa shape index (κ3) is 1.10. The molecule has 0 radical (unpaired) electrons. The summed E-state index contributed by atoms with van der Waals surface area (Å²) in [6.45, 7) is 3.94. The van der Waals surface area contributed by atoms with Gasteiger partial charge in [-0.3, -0.25) is 0 Å². The van der Waals surface area contributed by atoms with E-state index in [1.165, 1.54) is 16.7 Å². The minimum absolute atomic E-state index is 0.780. The third-order valence-electron chi connectivity index (χ3n) is 2.39. The van der Waals surface area contributed by atoms with Crippen molar-refractivity contribution in [3.8, 4) is 11.5 Å². The minimum Gasteiger partial charge on any atom is -0.493 e. The number of benzene rings is 1. The largest absolute Gasteiger partial charge is 0.493 e. The lowest BCUT2D eigenvalue weighted by Crippen LogP contribution is -2.07. The molecule has 13 heavy (non-hydrogen) atoms. The predicted molar refractivity (Wildman–Crippen MR) is 52.3 cm³/mol. The number of allylic oxidation sites excluding steroid dienone is 1. The second-order valence-corrected chi connectivity index (χ2v) is 3.14. The molecule has 1 aliphatic rings. The van der Waals surface area contributed by atoms with Crippen LogP contribution in [0.5, 0.6) is 11.5 Å². The zero-order valence-electron chi connectivity index (χ0n) is 7.89. The monoisotopic (exact) mass is 176 g/mol. The van der Waals surface area contributed by atoms with Crippen LogP contribution in [0.15, 0.2) is 18.7 Å². The van der Waals surface area contributed by atoms with Gasteiger partial charge in [0, 0.05) is 0 Å². The molecule has 0 aliphatic heterocycles. The van der Waals surface area contributed by atoms with Crippen molar-refractivity contribution < 1.29 is 9.47 Å². The standard InChI is InChI=1S/C11H12O2/c1-7-4-8-5-10(12-2)11(13-3)6-9(7)8/h5-6H,1,4H2,2-3H3. The topological polar surface area (TPSA) is 18.5 Å². The van der Waals surface area contributed by atoms with Crippen molar-refractivity contribution in [1.29, 1.82) is 0 Å². The van der Waals surface area contributed by atoms with Crippen molar-refractivity contribution in [1.82, 2.24) is 0 Å². The van der Waals surface area contributed by atoms with Crippen molar-refractivity contribution in [2.75, 3.05) is 14.2 Å². The average molecular weight is 176 g/mol. The van der Waals surface area contributed by atoms with Crippen LogP contribution in [0.1, 0.15) is 11.1 Å². The van der Waals surface area contributed by atoms with E-state index >= 15 is 0 Å². The Hall–Kier alpha value is -1.44. The molecule has 0 fully saturated rings. The lowest BCUT2D eigenvalue weighted by Gasteiger charge is -2.23. The number of methoxy groups -OCH3 is 2. The molecule has 2 heteroatoms. The summed E-state index contributed by atoms with van der Waals surface area (Å²) in [5.74, 6) is 1.58. The van der Waals surface area contributed by atoms with Gasteiger partial charge in [-0.25, -0.2) is 0 Å². The van der Waals surface area contributed by atoms with Crippen LogP contribution in [-0.2, 0) is 6.42 Å². The van der Waals surface area contributed by atoms with Crippen LogP contribution < -0.4 is 9.47 Å². The van der Waals surface area contributed by atoms with Gasteiger partial charge in [0.25, 0.3) is 0 Å². The van der Waals surface area contributed by atoms with E-state index in [1.807, 2.05) is 12.1 Å². The van der Waals surface area contributed by atoms with Crippen LogP contribution in [-0.4, -0.2) is 14.2 Å². The van der Waals surface area contributed by atoms with Gasteiger partial charge in [0.05, 0.1) is 14.2 Å². The number of fused-ring (bicyclic) bond motifs is 1. The number of hydrogen-bond acceptors (Lipinski definition) is 2. The maximum absolute atomic E-state index is 5.19. The van der Waals surface area contributed by atoms with E-state index in [1.54, 1.807) is 14.2 Å². The molecule has 1 aromatic carbocycles. The Kier molecular flexibility index (Phi) is 1.76. The van der Waals surface area contributed by atoms with Gasteiger partial charge < -0.3 is 9.47 Å². The third-order valence-corrected chi connectivity index (χ3v) is 2.39. The summed E-state index contributed by atoms with van der Waals surface area (Å²) in [7, 11) is 3.30. The van der Waals surface area contributed by atoms with Crippen molar-refractivity contribution in [2.24, 2.45) is 0 Å². The molecule has 0 N–H and O–H groups in total. The fourth-order valence-electron chi connectivity index (χ4n) is 1.61. The maximum atomic E-state index is 5.19. The predicted octanol–water partition coefficient (Wildman–Crippen LogP) is 2.27. The number of hydrogen-bond donors (Lipinski definition) is 0. The Balaban J connectivity index is 2.51. The van der Waals surface area contributed by atoms with Crippen LogP contribution in [0.4, 0.5) is 0 Å². The highest BCUT2D eigenvalue weighted by molar-refractivity contribution is 5.80. The summed E-state index contributed by atoms with van der Waals surface area (Å²) in [6.07, 6.45) is 0.968. The fraction of sp³-hybridized carbons (Fsp3) is 0.273. The molecule has 0 saturated heterocycles. The average Bonchev–Trinajstić information content (AvgIpc) is 2.15. The normalized spacial score (nSPS) is 13.2. The molecule has 2 rings (SSSR count). The van der Waals surface area contributed by atoms with Crippen LogP contribution in [0.2, 0.25) is 0 Å². The van der Waals surface area contributed by atoms with Crippen molar-refractivity contribution in [3.63, 3.8) is 0 Å². The molecule has 2 nitrogen and oxygen atoms in total. The van der Waals surface area contributed by atoms with Gasteiger partial charge >= 0.3 is 0 Å². The van der Waals surface area contributed by atoms with E-state index in [-0.39, 0.29) is 0 Å². The Morgan fingerprint density at radius 3 is 2.31 bits per heavy atom. The lowest BCUT2D eigenvalue weighted by atomic mass is 9.84. The second-order valence-electron chi connectivity index (χ2n) is 3.14. The first-order chi connectivity index (χ1) is 6.26. The molecule has 1 aromatic rings. The van der Waals surface area contributed by atoms with E-state index in [0.29, 0.717) is 0 Å². The quantitative estimate of drug-likeness (QED) is 0.688. The highest BCUT2D eigenvalue weighted by Gasteiger charge is 2.20. The molecule has 1 aliphatic carbocycles. The van der Waals surface area contributed by atoms with Gasteiger partial charge in [0.1, 0.15) is 0 Å². The van der Waals surface area contributed by atoms with Crippen LogP contribution in [0.3, 0.4) is 0 Å². The molecular formula is C11H12O2. The van der Waals surface area contributed by atoms with Gasteiger partial charge in [-0.2, -0.15) is 0 Å². The van der Waals surface area contributed by atoms with Crippen molar-refractivity contribution in [2.45, 2.75) is 6.42 Å². The van der Waals surface area contributed by atoms with Gasteiger partial charge in [0.2, 0.25) is 0 Å². The Bertz CT molecular complexity index is 367. The fourth-order valence-corrected chi connectivity index (χ4v) is 1.61. The van der Waals surface area contributed by atoms with Gasteiger partial charge in [0.15, 0.2) is 11.5 Å². The second kappa shape index (κ2) is 2.80. The van der Waals surface area contributed by atoms with Crippen LogP contribution in [0.25, 0.3) is 5.57 Å². The lowest BCUT2D eigenvalue weighted by molar-refractivity contribution is 0.354. The first-order valence-corrected chi connectivity index (χ1v) is 4.19. The van der Waals surface area contributed by atoms with E-state index in [4.69, 9.17) is 9.47 Å².